The van der Waals surface area contributed by atoms with Crippen LogP contribution in [0.1, 0.15) is 11.1 Å². The molecule has 1 amide bonds. The van der Waals surface area contributed by atoms with E-state index in [9.17, 15) is 14.7 Å². The number of carboxylic acids is 1. The molecule has 4 rings (SSSR count). The molecule has 2 atom stereocenters. The summed E-state index contributed by atoms with van der Waals surface area (Å²) >= 11 is 0. The number of fused-ring (bicyclic) bond motifs is 1. The Kier molecular flexibility index (Phi) is 7.63. The highest BCUT2D eigenvalue weighted by Gasteiger charge is 2.52. The Labute approximate surface area is 220 Å². The van der Waals surface area contributed by atoms with Crippen LogP contribution in [0.15, 0.2) is 60.7 Å². The predicted molar refractivity (Wildman–Crippen MR) is 140 cm³/mol. The smallest absolute Gasteiger partial charge is 0.347 e. The van der Waals surface area contributed by atoms with Crippen molar-refractivity contribution in [1.82, 2.24) is 5.32 Å². The van der Waals surface area contributed by atoms with E-state index in [1.807, 2.05) is 6.07 Å². The molecule has 1 heterocycles. The van der Waals surface area contributed by atoms with Crippen LogP contribution in [0.4, 0.5) is 5.69 Å². The summed E-state index contributed by atoms with van der Waals surface area (Å²) in [7, 11) is 7.58. The van der Waals surface area contributed by atoms with Crippen molar-refractivity contribution in [3.05, 3.63) is 71.8 Å². The molecule has 200 valence electrons. The van der Waals surface area contributed by atoms with Crippen molar-refractivity contribution in [3.8, 4) is 28.7 Å². The van der Waals surface area contributed by atoms with E-state index >= 15 is 0 Å². The molecule has 0 aromatic heterocycles. The van der Waals surface area contributed by atoms with Gasteiger partial charge in [-0.1, -0.05) is 30.3 Å². The van der Waals surface area contributed by atoms with Gasteiger partial charge in [0.2, 0.25) is 12.0 Å². The number of carbonyl (C=O) groups excluding carboxylic acids is 1. The molecule has 0 bridgehead atoms. The average Bonchev–Trinajstić information content (AvgIpc) is 3.05. The Morgan fingerprint density at radius 2 is 1.47 bits per heavy atom. The van der Waals surface area contributed by atoms with Crippen molar-refractivity contribution in [1.29, 1.82) is 0 Å². The second-order valence-electron chi connectivity index (χ2n) is 8.59. The van der Waals surface area contributed by atoms with E-state index in [1.54, 1.807) is 61.6 Å². The second-order valence-corrected chi connectivity index (χ2v) is 8.59. The van der Waals surface area contributed by atoms with E-state index in [0.717, 1.165) is 0 Å². The molecule has 0 spiro atoms. The Balaban J connectivity index is 2.04. The predicted octanol–water partition coefficient (Wildman–Crippen LogP) is 3.06. The zero-order chi connectivity index (χ0) is 27.4. The van der Waals surface area contributed by atoms with Gasteiger partial charge in [0.25, 0.3) is 0 Å². The molecule has 0 saturated heterocycles. The number of nitrogens with zero attached hydrogens (tertiary/aromatic N) is 1. The zero-order valence-electron chi connectivity index (χ0n) is 21.8. The van der Waals surface area contributed by atoms with Crippen LogP contribution in [-0.2, 0) is 15.1 Å². The lowest BCUT2D eigenvalue weighted by Crippen LogP contribution is -2.58. The van der Waals surface area contributed by atoms with Crippen LogP contribution in [-0.4, -0.2) is 65.1 Å². The monoisotopic (exact) mass is 522 g/mol. The van der Waals surface area contributed by atoms with Gasteiger partial charge in [0.05, 0.1) is 40.7 Å². The summed E-state index contributed by atoms with van der Waals surface area (Å²) in [6.45, 7) is -0.167. The molecule has 0 radical (unpaired) electrons. The summed E-state index contributed by atoms with van der Waals surface area (Å²) in [5.74, 6) is 0.268. The van der Waals surface area contributed by atoms with Crippen LogP contribution in [0.2, 0.25) is 0 Å². The first-order valence-corrected chi connectivity index (χ1v) is 11.7. The van der Waals surface area contributed by atoms with Crippen LogP contribution < -0.4 is 33.9 Å². The van der Waals surface area contributed by atoms with Gasteiger partial charge < -0.3 is 33.7 Å². The Hall–Kier alpha value is -4.44. The van der Waals surface area contributed by atoms with Gasteiger partial charge in [0.15, 0.2) is 11.5 Å². The van der Waals surface area contributed by atoms with Crippen LogP contribution in [0.5, 0.6) is 28.7 Å². The summed E-state index contributed by atoms with van der Waals surface area (Å²) < 4.78 is 28.0. The maximum Gasteiger partial charge on any atom is 0.347 e. The van der Waals surface area contributed by atoms with Gasteiger partial charge in [0, 0.05) is 36.9 Å². The van der Waals surface area contributed by atoms with E-state index < -0.39 is 17.6 Å². The summed E-state index contributed by atoms with van der Waals surface area (Å²) in [5, 5.41) is 13.9. The van der Waals surface area contributed by atoms with E-state index in [-0.39, 0.29) is 18.2 Å². The van der Waals surface area contributed by atoms with Crippen molar-refractivity contribution in [2.75, 3.05) is 46.9 Å². The molecule has 0 aliphatic carbocycles. The van der Waals surface area contributed by atoms with Crippen LogP contribution in [0, 0.1) is 0 Å². The number of rotatable bonds is 9. The number of benzene rings is 3. The maximum absolute atomic E-state index is 13.1. The Bertz CT molecular complexity index is 1310. The fraction of sp³-hybridized carbons (Fsp3) is 0.286. The SMILES string of the molecule is COc1cc(OC)cc(OC(C(=O)O)C2(c3ccccc3)NCC(=O)N(C)c3cc(OC)c(OC)cc32)c1. The highest BCUT2D eigenvalue weighted by atomic mass is 16.5. The topological polar surface area (TPSA) is 116 Å². The Morgan fingerprint density at radius 3 is 2.03 bits per heavy atom. The number of nitrogens with one attached hydrogen (secondary N) is 1. The van der Waals surface area contributed by atoms with E-state index in [0.29, 0.717) is 39.8 Å². The molecule has 2 N–H and O–H groups in total. The number of amides is 1. The van der Waals surface area contributed by atoms with Gasteiger partial charge in [-0.2, -0.15) is 0 Å². The molecule has 1 aliphatic heterocycles. The Morgan fingerprint density at radius 1 is 0.895 bits per heavy atom. The van der Waals surface area contributed by atoms with Gasteiger partial charge >= 0.3 is 5.97 Å². The zero-order valence-corrected chi connectivity index (χ0v) is 21.8. The third-order valence-corrected chi connectivity index (χ3v) is 6.61. The number of likely N-dealkylation sites (N-methyl/N-ethyl adjacent to an activating group) is 1. The molecule has 10 nitrogen and oxygen atoms in total. The van der Waals surface area contributed by atoms with Crippen molar-refractivity contribution in [3.63, 3.8) is 0 Å². The maximum atomic E-state index is 13.1. The number of hydrogen-bond donors (Lipinski definition) is 2. The minimum absolute atomic E-state index is 0.167. The molecular weight excluding hydrogens is 492 g/mol. The summed E-state index contributed by atoms with van der Waals surface area (Å²) in [4.78, 5) is 27.7. The van der Waals surface area contributed by atoms with Crippen molar-refractivity contribution >= 4 is 17.6 Å². The van der Waals surface area contributed by atoms with Crippen LogP contribution in [0.3, 0.4) is 0 Å². The highest BCUT2D eigenvalue weighted by Crippen LogP contribution is 2.46. The summed E-state index contributed by atoms with van der Waals surface area (Å²) in [6, 6.07) is 17.1. The van der Waals surface area contributed by atoms with Crippen molar-refractivity contribution in [2.45, 2.75) is 11.6 Å². The average molecular weight is 523 g/mol. The van der Waals surface area contributed by atoms with Crippen molar-refractivity contribution < 1.29 is 38.4 Å². The van der Waals surface area contributed by atoms with E-state index in [1.165, 1.54) is 33.3 Å². The molecule has 10 heteroatoms. The fourth-order valence-corrected chi connectivity index (χ4v) is 4.68. The van der Waals surface area contributed by atoms with E-state index in [4.69, 9.17) is 23.7 Å². The first-order valence-electron chi connectivity index (χ1n) is 11.7. The van der Waals surface area contributed by atoms with Gasteiger partial charge in [-0.15, -0.1) is 0 Å². The lowest BCUT2D eigenvalue weighted by Gasteiger charge is -2.40. The number of aliphatic carboxylic acids is 1. The van der Waals surface area contributed by atoms with Crippen LogP contribution >= 0.6 is 0 Å². The summed E-state index contributed by atoms with van der Waals surface area (Å²) in [5.41, 5.74) is -0.0750. The number of carboxylic acid groups (broad SMARTS) is 1. The molecule has 38 heavy (non-hydrogen) atoms. The van der Waals surface area contributed by atoms with Crippen LogP contribution in [0.25, 0.3) is 0 Å². The van der Waals surface area contributed by atoms with Gasteiger partial charge in [-0.05, 0) is 11.6 Å². The standard InChI is InChI=1S/C28H30N2O8/c1-30-22-15-24(37-5)23(36-4)14-21(22)28(29-16-25(30)31,17-9-7-6-8-10-17)26(27(32)33)38-20-12-18(34-2)11-19(13-20)35-3/h6-15,26,29H,16H2,1-5H3,(H,32,33). The third-order valence-electron chi connectivity index (χ3n) is 6.61. The second kappa shape index (κ2) is 10.9. The largest absolute Gasteiger partial charge is 0.496 e. The molecule has 0 fully saturated rings. The number of hydrogen-bond acceptors (Lipinski definition) is 8. The molecule has 1 aliphatic rings. The fourth-order valence-electron chi connectivity index (χ4n) is 4.68. The lowest BCUT2D eigenvalue weighted by atomic mass is 9.77. The highest BCUT2D eigenvalue weighted by molar-refractivity contribution is 5.97. The van der Waals surface area contributed by atoms with Gasteiger partial charge in [-0.3, -0.25) is 10.1 Å². The third kappa shape index (κ3) is 4.66. The van der Waals surface area contributed by atoms with Gasteiger partial charge in [-0.25, -0.2) is 4.79 Å². The first kappa shape index (κ1) is 26.6. The molecule has 0 saturated carbocycles. The molecule has 3 aromatic rings. The van der Waals surface area contributed by atoms with E-state index in [2.05, 4.69) is 5.32 Å². The molecule has 3 aromatic carbocycles. The lowest BCUT2D eigenvalue weighted by molar-refractivity contribution is -0.149. The number of methoxy groups -OCH3 is 4. The summed E-state index contributed by atoms with van der Waals surface area (Å²) in [6.07, 6.45) is -1.56. The molecule has 2 unspecified atom stereocenters. The number of anilines is 1. The minimum Gasteiger partial charge on any atom is -0.496 e. The number of carbonyl (C=O) groups is 2. The van der Waals surface area contributed by atoms with Gasteiger partial charge in [0.1, 0.15) is 22.8 Å². The minimum atomic E-state index is -1.56. The molecular formula is C28H30N2O8. The normalized spacial score (nSPS) is 17.6. The number of ether oxygens (including phenoxy) is 5. The van der Waals surface area contributed by atoms with Crippen molar-refractivity contribution in [2.24, 2.45) is 0 Å². The first-order chi connectivity index (χ1) is 18.3. The quantitative estimate of drug-likeness (QED) is 0.437.